The summed E-state index contributed by atoms with van der Waals surface area (Å²) in [5, 5.41) is 20.3. The molecule has 1 aromatic heterocycles. The number of nitrogens with one attached hydrogen (secondary N) is 1. The Morgan fingerprint density at radius 1 is 1.38 bits per heavy atom. The molecule has 0 saturated carbocycles. The molecule has 1 aromatic rings. The quantitative estimate of drug-likeness (QED) is 0.377. The number of aromatic nitrogens is 2. The molecular formula is C4H5N5O4. The predicted octanol–water partition coefficient (Wildman–Crippen LogP) is -0.736. The van der Waals surface area contributed by atoms with Crippen molar-refractivity contribution >= 4 is 0 Å². The van der Waals surface area contributed by atoms with Crippen LogP contribution in [0.1, 0.15) is 0 Å². The van der Waals surface area contributed by atoms with Crippen molar-refractivity contribution < 1.29 is 9.85 Å². The van der Waals surface area contributed by atoms with Crippen molar-refractivity contribution in [1.29, 1.82) is 0 Å². The molecule has 1 rings (SSSR count). The van der Waals surface area contributed by atoms with Gasteiger partial charge in [-0.1, -0.05) is 0 Å². The van der Waals surface area contributed by atoms with Crippen LogP contribution in [0.3, 0.4) is 0 Å². The normalized spacial score (nSPS) is 9.92. The van der Waals surface area contributed by atoms with Crippen molar-refractivity contribution in [2.24, 2.45) is 0 Å². The molecule has 13 heavy (non-hydrogen) atoms. The first kappa shape index (κ1) is 8.90. The second-order valence-corrected chi connectivity index (χ2v) is 2.04. The molecule has 0 bridgehead atoms. The maximum absolute atomic E-state index is 10.1. The smallest absolute Gasteiger partial charge is 0.257 e. The van der Waals surface area contributed by atoms with Gasteiger partial charge in [-0.15, -0.1) is 0 Å². The fourth-order valence-corrected chi connectivity index (χ4v) is 0.640. The van der Waals surface area contributed by atoms with Gasteiger partial charge in [0, 0.05) is 12.4 Å². The zero-order valence-electron chi connectivity index (χ0n) is 6.23. The second kappa shape index (κ2) is 3.47. The maximum atomic E-state index is 10.1. The minimum absolute atomic E-state index is 1.04. The molecule has 0 saturated heterocycles. The van der Waals surface area contributed by atoms with Crippen molar-refractivity contribution in [3.8, 4) is 0 Å². The van der Waals surface area contributed by atoms with E-state index < -0.39 is 16.1 Å². The van der Waals surface area contributed by atoms with Crippen molar-refractivity contribution in [3.05, 3.63) is 38.9 Å². The first-order valence-corrected chi connectivity index (χ1v) is 3.13. The predicted molar refractivity (Wildman–Crippen MR) is 39.4 cm³/mol. The fraction of sp³-hybridized carbons (Fsp3) is 0.250. The first-order valence-electron chi connectivity index (χ1n) is 3.13. The van der Waals surface area contributed by atoms with E-state index >= 15 is 0 Å². The van der Waals surface area contributed by atoms with Gasteiger partial charge in [0.2, 0.25) is 0 Å². The molecule has 70 valence electrons. The van der Waals surface area contributed by atoms with Gasteiger partial charge in [-0.3, -0.25) is 20.2 Å². The van der Waals surface area contributed by atoms with Crippen LogP contribution >= 0.6 is 0 Å². The van der Waals surface area contributed by atoms with Gasteiger partial charge in [-0.25, -0.2) is 9.66 Å². The van der Waals surface area contributed by atoms with Crippen LogP contribution in [0.2, 0.25) is 0 Å². The van der Waals surface area contributed by atoms with Crippen LogP contribution in [-0.4, -0.2) is 25.8 Å². The van der Waals surface area contributed by atoms with Gasteiger partial charge in [0.05, 0.1) is 0 Å². The molecule has 0 aliphatic heterocycles. The van der Waals surface area contributed by atoms with E-state index in [-0.39, 0.29) is 0 Å². The molecule has 1 heterocycles. The molecule has 0 aromatic carbocycles. The van der Waals surface area contributed by atoms with Crippen molar-refractivity contribution in [3.63, 3.8) is 0 Å². The molecule has 0 fully saturated rings. The third-order valence-corrected chi connectivity index (χ3v) is 1.17. The first-order chi connectivity index (χ1) is 6.11. The van der Waals surface area contributed by atoms with E-state index in [0.717, 1.165) is 4.68 Å². The highest BCUT2D eigenvalue weighted by atomic mass is 16.7. The monoisotopic (exact) mass is 187 g/mol. The lowest BCUT2D eigenvalue weighted by atomic mass is 10.9. The number of hydrogen-bond acceptors (Lipinski definition) is 6. The second-order valence-electron chi connectivity index (χ2n) is 2.04. The molecule has 0 atom stereocenters. The summed E-state index contributed by atoms with van der Waals surface area (Å²) in [7, 11) is 0. The van der Waals surface area contributed by atoms with Crippen LogP contribution in [0.25, 0.3) is 0 Å². The van der Waals surface area contributed by atoms with E-state index in [0.29, 0.717) is 0 Å². The minimum atomic E-state index is -2.06. The van der Waals surface area contributed by atoms with Gasteiger partial charge in [0.15, 0.2) is 0 Å². The van der Waals surface area contributed by atoms with Gasteiger partial charge in [-0.05, 0) is 0 Å². The largest absolute Gasteiger partial charge is 0.546 e. The van der Waals surface area contributed by atoms with E-state index in [2.05, 4.69) is 4.98 Å². The summed E-state index contributed by atoms with van der Waals surface area (Å²) < 4.78 is 1.04. The van der Waals surface area contributed by atoms with Gasteiger partial charge in [-0.2, -0.15) is 5.43 Å². The summed E-state index contributed by atoms with van der Waals surface area (Å²) in [6, 6.07) is 0. The Kier molecular flexibility index (Phi) is 2.38. The van der Waals surface area contributed by atoms with Crippen molar-refractivity contribution in [2.75, 3.05) is 5.43 Å². The number of rotatable bonds is 4. The third kappa shape index (κ3) is 2.12. The standard InChI is InChI=1S/C4H5N5O4/c10-8(11)4(9(12)13)6-7-2-1-5-3-7/h1-4,6H. The van der Waals surface area contributed by atoms with Gasteiger partial charge in [0.1, 0.15) is 16.2 Å². The minimum Gasteiger partial charge on any atom is -0.257 e. The zero-order valence-corrected chi connectivity index (χ0v) is 6.23. The molecule has 0 unspecified atom stereocenters. The summed E-state index contributed by atoms with van der Waals surface area (Å²) in [4.78, 5) is 21.7. The summed E-state index contributed by atoms with van der Waals surface area (Å²) in [6.45, 7) is 0. The Hall–Kier alpha value is -2.19. The van der Waals surface area contributed by atoms with Crippen LogP contribution in [0, 0.1) is 20.2 Å². The Morgan fingerprint density at radius 2 is 2.00 bits per heavy atom. The van der Waals surface area contributed by atoms with Gasteiger partial charge < -0.3 is 0 Å². The third-order valence-electron chi connectivity index (χ3n) is 1.17. The Labute approximate surface area is 71.3 Å². The molecule has 0 amide bonds. The van der Waals surface area contributed by atoms with E-state index in [4.69, 9.17) is 0 Å². The van der Waals surface area contributed by atoms with Gasteiger partial charge >= 0.3 is 6.29 Å². The molecule has 0 aliphatic rings. The summed E-state index contributed by atoms with van der Waals surface area (Å²) in [5.74, 6) is 0. The highest BCUT2D eigenvalue weighted by Gasteiger charge is 2.31. The fourth-order valence-electron chi connectivity index (χ4n) is 0.640. The number of hydrogen-bond donors (Lipinski definition) is 1. The zero-order chi connectivity index (χ0) is 9.84. The van der Waals surface area contributed by atoms with Crippen LogP contribution in [0.5, 0.6) is 0 Å². The average Bonchev–Trinajstić information content (AvgIpc) is 2.50. The van der Waals surface area contributed by atoms with Crippen molar-refractivity contribution in [2.45, 2.75) is 6.29 Å². The van der Waals surface area contributed by atoms with E-state index in [1.165, 1.54) is 18.7 Å². The lowest BCUT2D eigenvalue weighted by Crippen LogP contribution is -2.40. The topological polar surface area (TPSA) is 116 Å². The van der Waals surface area contributed by atoms with Crippen molar-refractivity contribution in [1.82, 2.24) is 9.66 Å². The van der Waals surface area contributed by atoms with Crippen LogP contribution in [0.4, 0.5) is 0 Å². The van der Waals surface area contributed by atoms with E-state index in [9.17, 15) is 20.2 Å². The Bertz CT molecular complexity index is 294. The molecule has 1 N–H and O–H groups in total. The average molecular weight is 187 g/mol. The van der Waals surface area contributed by atoms with Gasteiger partial charge in [0.25, 0.3) is 0 Å². The molecule has 0 radical (unpaired) electrons. The van der Waals surface area contributed by atoms with E-state index in [1.54, 1.807) is 0 Å². The van der Waals surface area contributed by atoms with Crippen LogP contribution in [-0.2, 0) is 0 Å². The van der Waals surface area contributed by atoms with Crippen LogP contribution in [0.15, 0.2) is 18.7 Å². The summed E-state index contributed by atoms with van der Waals surface area (Å²) in [5.41, 5.74) is 2.01. The Morgan fingerprint density at radius 3 is 2.38 bits per heavy atom. The number of nitro groups is 2. The van der Waals surface area contributed by atoms with E-state index in [1.807, 2.05) is 5.43 Å². The highest BCUT2D eigenvalue weighted by molar-refractivity contribution is 4.79. The molecular weight excluding hydrogens is 182 g/mol. The summed E-state index contributed by atoms with van der Waals surface area (Å²) >= 11 is 0. The SMILES string of the molecule is O=[N+]([O-])C(Nn1ccnc1)[N+](=O)[O-]. The Balaban J connectivity index is 2.69. The molecule has 0 aliphatic carbocycles. The highest BCUT2D eigenvalue weighted by Crippen LogP contribution is 1.90. The lowest BCUT2D eigenvalue weighted by molar-refractivity contribution is -0.735. The summed E-state index contributed by atoms with van der Waals surface area (Å²) in [6.07, 6.45) is 1.78. The molecule has 9 nitrogen and oxygen atoms in total. The maximum Gasteiger partial charge on any atom is 0.546 e. The molecule has 0 spiro atoms. The molecule has 9 heteroatoms. The van der Waals surface area contributed by atoms with Crippen LogP contribution < -0.4 is 5.43 Å². The lowest BCUT2D eigenvalue weighted by Gasteiger charge is -2.04. The number of nitrogens with zero attached hydrogens (tertiary/aromatic N) is 4. The number of imidazole rings is 1.